The Balaban J connectivity index is 3.24. The molecule has 8 heteroatoms. The van der Waals surface area contributed by atoms with E-state index >= 15 is 0 Å². The SMILES string of the molecule is CCS(=O)N=C(C)C(OS(C)(=O)=O)c1cccc(OC)c1. The normalized spacial score (nSPS) is 15.5. The molecule has 0 aliphatic heterocycles. The molecule has 0 bridgehead atoms. The van der Waals surface area contributed by atoms with Crippen molar-refractivity contribution >= 4 is 26.8 Å². The highest BCUT2D eigenvalue weighted by Gasteiger charge is 2.22. The van der Waals surface area contributed by atoms with Gasteiger partial charge in [-0.25, -0.2) is 4.21 Å². The van der Waals surface area contributed by atoms with Gasteiger partial charge in [0.2, 0.25) is 0 Å². The zero-order chi connectivity index (χ0) is 16.0. The number of hydrogen-bond donors (Lipinski definition) is 0. The summed E-state index contributed by atoms with van der Waals surface area (Å²) in [6.45, 7) is 3.31. The minimum Gasteiger partial charge on any atom is -0.497 e. The van der Waals surface area contributed by atoms with E-state index in [2.05, 4.69) is 4.40 Å². The van der Waals surface area contributed by atoms with E-state index in [9.17, 15) is 12.6 Å². The number of nitrogens with zero attached hydrogens (tertiary/aromatic N) is 1. The smallest absolute Gasteiger partial charge is 0.265 e. The minimum absolute atomic E-state index is 0.328. The van der Waals surface area contributed by atoms with Crippen LogP contribution in [0.15, 0.2) is 28.7 Å². The van der Waals surface area contributed by atoms with Gasteiger partial charge in [-0.05, 0) is 24.6 Å². The van der Waals surface area contributed by atoms with Crippen LogP contribution in [0.4, 0.5) is 0 Å². The van der Waals surface area contributed by atoms with Crippen molar-refractivity contribution in [1.82, 2.24) is 0 Å². The third-order valence-corrected chi connectivity index (χ3v) is 4.07. The van der Waals surface area contributed by atoms with Gasteiger partial charge in [-0.3, -0.25) is 4.18 Å². The predicted molar refractivity (Wildman–Crippen MR) is 83.5 cm³/mol. The molecule has 6 nitrogen and oxygen atoms in total. The van der Waals surface area contributed by atoms with Crippen LogP contribution in [-0.2, 0) is 25.3 Å². The number of methoxy groups -OCH3 is 1. The van der Waals surface area contributed by atoms with E-state index in [0.29, 0.717) is 22.8 Å². The second kappa shape index (κ2) is 7.67. The van der Waals surface area contributed by atoms with Crippen molar-refractivity contribution in [1.29, 1.82) is 0 Å². The van der Waals surface area contributed by atoms with E-state index in [1.54, 1.807) is 38.1 Å². The average Bonchev–Trinajstić information content (AvgIpc) is 2.43. The highest BCUT2D eigenvalue weighted by molar-refractivity contribution is 7.86. The number of benzene rings is 1. The second-order valence-corrected chi connectivity index (χ2v) is 7.30. The van der Waals surface area contributed by atoms with Crippen molar-refractivity contribution in [2.24, 2.45) is 4.40 Å². The Kier molecular flexibility index (Phi) is 6.50. The topological polar surface area (TPSA) is 82.0 Å². The summed E-state index contributed by atoms with van der Waals surface area (Å²) in [6, 6.07) is 6.81. The lowest BCUT2D eigenvalue weighted by Crippen LogP contribution is -2.18. The zero-order valence-corrected chi connectivity index (χ0v) is 14.0. The summed E-state index contributed by atoms with van der Waals surface area (Å²) in [5.74, 6) is 0.917. The van der Waals surface area contributed by atoms with Gasteiger partial charge in [0.05, 0.1) is 19.1 Å². The number of hydrogen-bond acceptors (Lipinski definition) is 5. The van der Waals surface area contributed by atoms with E-state index in [1.807, 2.05) is 0 Å². The Morgan fingerprint density at radius 3 is 2.62 bits per heavy atom. The molecular formula is C13H19NO5S2. The molecular weight excluding hydrogens is 314 g/mol. The molecule has 21 heavy (non-hydrogen) atoms. The molecule has 2 unspecified atom stereocenters. The summed E-state index contributed by atoms with van der Waals surface area (Å²) in [5, 5.41) is 0. The van der Waals surface area contributed by atoms with E-state index in [0.717, 1.165) is 6.26 Å². The lowest BCUT2D eigenvalue weighted by Gasteiger charge is -2.17. The maximum atomic E-state index is 11.5. The molecule has 0 saturated heterocycles. The highest BCUT2D eigenvalue weighted by atomic mass is 32.2. The second-order valence-electron chi connectivity index (χ2n) is 4.30. The first-order valence-electron chi connectivity index (χ1n) is 6.22. The van der Waals surface area contributed by atoms with Crippen LogP contribution in [0.5, 0.6) is 5.75 Å². The van der Waals surface area contributed by atoms with Crippen LogP contribution in [0.25, 0.3) is 0 Å². The molecule has 118 valence electrons. The number of ether oxygens (including phenoxy) is 1. The quantitative estimate of drug-likeness (QED) is 0.562. The third kappa shape index (κ3) is 5.94. The first kappa shape index (κ1) is 17.8. The van der Waals surface area contributed by atoms with Crippen LogP contribution in [0.3, 0.4) is 0 Å². The van der Waals surface area contributed by atoms with Crippen molar-refractivity contribution < 1.29 is 21.5 Å². The lowest BCUT2D eigenvalue weighted by atomic mass is 10.1. The molecule has 0 fully saturated rings. The summed E-state index contributed by atoms with van der Waals surface area (Å²) in [5.41, 5.74) is 0.892. The number of rotatable bonds is 7. The zero-order valence-electron chi connectivity index (χ0n) is 12.4. The molecule has 0 aliphatic carbocycles. The van der Waals surface area contributed by atoms with Gasteiger partial charge in [-0.15, -0.1) is 0 Å². The van der Waals surface area contributed by atoms with E-state index in [4.69, 9.17) is 8.92 Å². The largest absolute Gasteiger partial charge is 0.497 e. The standard InChI is InChI=1S/C13H19NO5S2/c1-5-20(15)14-10(2)13(19-21(4,16)17)11-7-6-8-12(9-11)18-3/h6-9,13H,5H2,1-4H3. The Morgan fingerprint density at radius 2 is 2.10 bits per heavy atom. The van der Waals surface area contributed by atoms with Crippen LogP contribution in [-0.4, -0.2) is 37.5 Å². The summed E-state index contributed by atoms with van der Waals surface area (Å²) in [7, 11) is -3.59. The van der Waals surface area contributed by atoms with Crippen LogP contribution in [0, 0.1) is 0 Å². The molecule has 0 heterocycles. The van der Waals surface area contributed by atoms with Crippen LogP contribution >= 0.6 is 0 Å². The molecule has 0 saturated carbocycles. The Morgan fingerprint density at radius 1 is 1.43 bits per heavy atom. The molecule has 2 atom stereocenters. The van der Waals surface area contributed by atoms with Crippen molar-refractivity contribution in [2.75, 3.05) is 19.1 Å². The van der Waals surface area contributed by atoms with Gasteiger partial charge in [0.1, 0.15) is 22.8 Å². The molecule has 0 spiro atoms. The molecule has 0 N–H and O–H groups in total. The fourth-order valence-corrected chi connectivity index (χ4v) is 2.76. The van der Waals surface area contributed by atoms with Gasteiger partial charge in [0, 0.05) is 5.75 Å². The average molecular weight is 333 g/mol. The Hall–Kier alpha value is -1.25. The van der Waals surface area contributed by atoms with Gasteiger partial charge in [-0.2, -0.15) is 12.8 Å². The van der Waals surface area contributed by atoms with Crippen molar-refractivity contribution in [3.05, 3.63) is 29.8 Å². The third-order valence-electron chi connectivity index (χ3n) is 2.54. The lowest BCUT2D eigenvalue weighted by molar-refractivity contribution is 0.280. The maximum absolute atomic E-state index is 11.5. The summed E-state index contributed by atoms with van der Waals surface area (Å²) < 4.78 is 48.6. The predicted octanol–water partition coefficient (Wildman–Crippen LogP) is 1.86. The van der Waals surface area contributed by atoms with E-state index in [1.165, 1.54) is 7.11 Å². The fourth-order valence-electron chi connectivity index (χ4n) is 1.62. The molecule has 1 aromatic carbocycles. The Bertz CT molecular complexity index is 640. The van der Waals surface area contributed by atoms with Gasteiger partial charge in [0.15, 0.2) is 0 Å². The Labute approximate surface area is 127 Å². The van der Waals surface area contributed by atoms with Crippen LogP contribution < -0.4 is 4.74 Å². The molecule has 0 aliphatic rings. The van der Waals surface area contributed by atoms with Gasteiger partial charge < -0.3 is 4.74 Å². The minimum atomic E-state index is -3.70. The van der Waals surface area contributed by atoms with Gasteiger partial charge in [-0.1, -0.05) is 19.1 Å². The van der Waals surface area contributed by atoms with E-state index in [-0.39, 0.29) is 0 Å². The van der Waals surface area contributed by atoms with Crippen molar-refractivity contribution in [3.8, 4) is 5.75 Å². The first-order valence-corrected chi connectivity index (χ1v) is 9.32. The van der Waals surface area contributed by atoms with Crippen LogP contribution in [0.1, 0.15) is 25.5 Å². The fraction of sp³-hybridized carbons (Fsp3) is 0.462. The molecule has 1 rings (SSSR count). The van der Waals surface area contributed by atoms with Crippen molar-refractivity contribution in [2.45, 2.75) is 20.0 Å². The van der Waals surface area contributed by atoms with Gasteiger partial charge in [0.25, 0.3) is 10.1 Å². The van der Waals surface area contributed by atoms with E-state index < -0.39 is 27.2 Å². The molecule has 0 radical (unpaired) electrons. The summed E-state index contributed by atoms with van der Waals surface area (Å²) >= 11 is 0. The van der Waals surface area contributed by atoms with Crippen molar-refractivity contribution in [3.63, 3.8) is 0 Å². The monoisotopic (exact) mass is 333 g/mol. The molecule has 0 aromatic heterocycles. The maximum Gasteiger partial charge on any atom is 0.265 e. The molecule has 0 amide bonds. The van der Waals surface area contributed by atoms with Crippen LogP contribution in [0.2, 0.25) is 0 Å². The first-order chi connectivity index (χ1) is 9.76. The van der Waals surface area contributed by atoms with Gasteiger partial charge >= 0.3 is 0 Å². The summed E-state index contributed by atoms with van der Waals surface area (Å²) in [4.78, 5) is 0. The highest BCUT2D eigenvalue weighted by Crippen LogP contribution is 2.25. The summed E-state index contributed by atoms with van der Waals surface area (Å²) in [6.07, 6.45) is 0.0372. The molecule has 1 aromatic rings.